The molecule has 1 amide bonds. The Kier molecular flexibility index (Phi) is 4.99. The van der Waals surface area contributed by atoms with Crippen molar-refractivity contribution in [2.45, 2.75) is 6.92 Å². The summed E-state index contributed by atoms with van der Waals surface area (Å²) in [4.78, 5) is 12.6. The Morgan fingerprint density at radius 3 is 2.37 bits per heavy atom. The number of hydrogen-bond acceptors (Lipinski definition) is 3. The van der Waals surface area contributed by atoms with Crippen LogP contribution in [0.3, 0.4) is 0 Å². The van der Waals surface area contributed by atoms with Gasteiger partial charge in [0.1, 0.15) is 11.8 Å². The van der Waals surface area contributed by atoms with Gasteiger partial charge in [0.2, 0.25) is 0 Å². The molecule has 0 aliphatic heterocycles. The van der Waals surface area contributed by atoms with Gasteiger partial charge in [-0.3, -0.25) is 4.79 Å². The van der Waals surface area contributed by atoms with Crippen molar-refractivity contribution in [3.05, 3.63) is 83.4 Å². The topological polar surface area (TPSA) is 67.0 Å². The van der Waals surface area contributed by atoms with E-state index in [-0.39, 0.29) is 5.91 Å². The fourth-order valence-corrected chi connectivity index (χ4v) is 3.61. The summed E-state index contributed by atoms with van der Waals surface area (Å²) in [5.41, 5.74) is 5.65. The number of methoxy groups -OCH3 is 1. The predicted molar refractivity (Wildman–Crippen MR) is 119 cm³/mol. The highest BCUT2D eigenvalue weighted by atomic mass is 16.5. The van der Waals surface area contributed by atoms with Crippen LogP contribution in [0.4, 0.5) is 5.69 Å². The third kappa shape index (κ3) is 3.40. The number of hydrogen-bond donors (Lipinski definition) is 1. The van der Waals surface area contributed by atoms with E-state index in [1.165, 1.54) is 0 Å². The summed E-state index contributed by atoms with van der Waals surface area (Å²) in [5, 5.41) is 13.6. The van der Waals surface area contributed by atoms with Crippen molar-refractivity contribution >= 4 is 22.5 Å². The van der Waals surface area contributed by atoms with Crippen molar-refractivity contribution in [1.82, 2.24) is 4.57 Å². The smallest absolute Gasteiger partial charge is 0.255 e. The van der Waals surface area contributed by atoms with Crippen LogP contribution < -0.4 is 10.1 Å². The van der Waals surface area contributed by atoms with E-state index in [1.807, 2.05) is 73.1 Å². The molecule has 148 valence electrons. The molecule has 0 aliphatic carbocycles. The fourth-order valence-electron chi connectivity index (χ4n) is 3.61. The maximum Gasteiger partial charge on any atom is 0.255 e. The van der Waals surface area contributed by atoms with Gasteiger partial charge in [-0.25, -0.2) is 0 Å². The first-order chi connectivity index (χ1) is 14.5. The van der Waals surface area contributed by atoms with Gasteiger partial charge >= 0.3 is 0 Å². The molecule has 4 rings (SSSR count). The highest BCUT2D eigenvalue weighted by Crippen LogP contribution is 2.34. The van der Waals surface area contributed by atoms with E-state index in [0.29, 0.717) is 11.1 Å². The number of aryl methyl sites for hydroxylation is 2. The van der Waals surface area contributed by atoms with E-state index in [1.54, 1.807) is 19.2 Å². The lowest BCUT2D eigenvalue weighted by Gasteiger charge is -2.08. The second-order valence-electron chi connectivity index (χ2n) is 7.18. The number of anilines is 1. The molecule has 1 heterocycles. The number of nitrogens with zero attached hydrogens (tertiary/aromatic N) is 2. The van der Waals surface area contributed by atoms with Crippen LogP contribution in [0, 0.1) is 18.3 Å². The lowest BCUT2D eigenvalue weighted by molar-refractivity contribution is 0.102. The minimum absolute atomic E-state index is 0.173. The molecule has 4 aromatic rings. The van der Waals surface area contributed by atoms with E-state index in [9.17, 15) is 10.1 Å². The Hall–Kier alpha value is -4.04. The Labute approximate surface area is 175 Å². The first-order valence-electron chi connectivity index (χ1n) is 9.57. The quantitative estimate of drug-likeness (QED) is 0.511. The lowest BCUT2D eigenvalue weighted by Crippen LogP contribution is -2.11. The minimum atomic E-state index is -0.173. The molecule has 5 nitrogen and oxygen atoms in total. The highest BCUT2D eigenvalue weighted by Gasteiger charge is 2.17. The summed E-state index contributed by atoms with van der Waals surface area (Å²) >= 11 is 0. The Morgan fingerprint density at radius 1 is 1.03 bits per heavy atom. The maximum absolute atomic E-state index is 12.6. The van der Waals surface area contributed by atoms with Crippen LogP contribution in [-0.2, 0) is 7.05 Å². The number of nitrogens with one attached hydrogen (secondary N) is 1. The highest BCUT2D eigenvalue weighted by molar-refractivity contribution is 6.04. The molecule has 0 saturated heterocycles. The monoisotopic (exact) mass is 395 g/mol. The zero-order valence-electron chi connectivity index (χ0n) is 17.1. The fraction of sp³-hybridized carbons (Fsp3) is 0.120. The molecule has 0 bridgehead atoms. The summed E-state index contributed by atoms with van der Waals surface area (Å²) in [6.45, 7) is 2.00. The van der Waals surface area contributed by atoms with Gasteiger partial charge in [-0.2, -0.15) is 5.26 Å². The molecule has 0 fully saturated rings. The van der Waals surface area contributed by atoms with Crippen molar-refractivity contribution in [3.63, 3.8) is 0 Å². The van der Waals surface area contributed by atoms with Gasteiger partial charge in [-0.15, -0.1) is 0 Å². The molecule has 0 aliphatic rings. The van der Waals surface area contributed by atoms with Gasteiger partial charge in [0.25, 0.3) is 5.91 Å². The number of benzene rings is 3. The first kappa shape index (κ1) is 19.3. The van der Waals surface area contributed by atoms with Crippen molar-refractivity contribution in [3.8, 4) is 23.1 Å². The van der Waals surface area contributed by atoms with E-state index >= 15 is 0 Å². The molecule has 3 aromatic carbocycles. The summed E-state index contributed by atoms with van der Waals surface area (Å²) in [6.07, 6.45) is 0. The lowest BCUT2D eigenvalue weighted by atomic mass is 10.0. The second kappa shape index (κ2) is 7.76. The zero-order valence-corrected chi connectivity index (χ0v) is 17.1. The van der Waals surface area contributed by atoms with Gasteiger partial charge in [-0.1, -0.05) is 29.8 Å². The molecule has 0 radical (unpaired) electrons. The van der Waals surface area contributed by atoms with Gasteiger partial charge in [0, 0.05) is 29.8 Å². The number of ether oxygens (including phenoxy) is 1. The summed E-state index contributed by atoms with van der Waals surface area (Å²) < 4.78 is 7.31. The normalized spacial score (nSPS) is 10.6. The largest absolute Gasteiger partial charge is 0.497 e. The van der Waals surface area contributed by atoms with Crippen LogP contribution in [0.25, 0.3) is 22.2 Å². The van der Waals surface area contributed by atoms with E-state index in [2.05, 4.69) is 11.4 Å². The van der Waals surface area contributed by atoms with E-state index in [0.717, 1.165) is 39.2 Å². The van der Waals surface area contributed by atoms with E-state index < -0.39 is 0 Å². The second-order valence-corrected chi connectivity index (χ2v) is 7.18. The van der Waals surface area contributed by atoms with Crippen LogP contribution in [0.2, 0.25) is 0 Å². The minimum Gasteiger partial charge on any atom is -0.497 e. The molecular weight excluding hydrogens is 374 g/mol. The van der Waals surface area contributed by atoms with E-state index in [4.69, 9.17) is 4.74 Å². The third-order valence-electron chi connectivity index (χ3n) is 5.25. The van der Waals surface area contributed by atoms with Gasteiger partial charge in [0.15, 0.2) is 0 Å². The average molecular weight is 395 g/mol. The Bertz CT molecular complexity index is 1280. The van der Waals surface area contributed by atoms with Crippen LogP contribution in [0.1, 0.15) is 21.5 Å². The predicted octanol–water partition coefficient (Wildman–Crippen LogP) is 5.29. The van der Waals surface area contributed by atoms with Crippen LogP contribution in [0.15, 0.2) is 66.7 Å². The third-order valence-corrected chi connectivity index (χ3v) is 5.25. The zero-order chi connectivity index (χ0) is 21.3. The van der Waals surface area contributed by atoms with Crippen LogP contribution >= 0.6 is 0 Å². The molecule has 0 unspecified atom stereocenters. The average Bonchev–Trinajstić information content (AvgIpc) is 3.06. The van der Waals surface area contributed by atoms with Gasteiger partial charge in [-0.05, 0) is 48.9 Å². The molecule has 5 heteroatoms. The van der Waals surface area contributed by atoms with Crippen molar-refractivity contribution in [1.29, 1.82) is 5.26 Å². The number of amides is 1. The summed E-state index contributed by atoms with van der Waals surface area (Å²) in [6, 6.07) is 23.0. The van der Waals surface area contributed by atoms with Gasteiger partial charge < -0.3 is 14.6 Å². The van der Waals surface area contributed by atoms with Crippen LogP contribution in [0.5, 0.6) is 5.75 Å². The number of rotatable bonds is 4. The standard InChI is InChI=1S/C25H21N3O2/c1-16-4-10-19(11-5-16)27-25(29)18-8-6-17(7-9-18)24-22(15-26)21-13-12-20(30-3)14-23(21)28(24)2/h4-14H,1-3H3,(H,27,29). The maximum atomic E-state index is 12.6. The number of fused-ring (bicyclic) bond motifs is 1. The number of carbonyl (C=O) groups excluding carboxylic acids is 1. The molecule has 1 N–H and O–H groups in total. The molecule has 0 spiro atoms. The number of nitriles is 1. The summed E-state index contributed by atoms with van der Waals surface area (Å²) in [5.74, 6) is 0.565. The molecule has 0 saturated carbocycles. The van der Waals surface area contributed by atoms with Crippen molar-refractivity contribution in [2.75, 3.05) is 12.4 Å². The number of aromatic nitrogens is 1. The summed E-state index contributed by atoms with van der Waals surface area (Å²) in [7, 11) is 3.55. The Morgan fingerprint density at radius 2 is 1.73 bits per heavy atom. The molecule has 0 atom stereocenters. The molecule has 1 aromatic heterocycles. The molecular formula is C25H21N3O2. The SMILES string of the molecule is COc1ccc2c(C#N)c(-c3ccc(C(=O)Nc4ccc(C)cc4)cc3)n(C)c2c1. The van der Waals surface area contributed by atoms with Crippen molar-refractivity contribution < 1.29 is 9.53 Å². The van der Waals surface area contributed by atoms with Crippen molar-refractivity contribution in [2.24, 2.45) is 7.05 Å². The van der Waals surface area contributed by atoms with Crippen LogP contribution in [-0.4, -0.2) is 17.6 Å². The van der Waals surface area contributed by atoms with Gasteiger partial charge in [0.05, 0.1) is 23.9 Å². The number of carbonyl (C=O) groups is 1. The molecule has 30 heavy (non-hydrogen) atoms. The Balaban J connectivity index is 1.68. The first-order valence-corrected chi connectivity index (χ1v) is 9.57.